The van der Waals surface area contributed by atoms with Crippen molar-refractivity contribution in [1.29, 1.82) is 0 Å². The third-order valence-electron chi connectivity index (χ3n) is 18.9. The van der Waals surface area contributed by atoms with E-state index >= 15 is 0 Å². The van der Waals surface area contributed by atoms with E-state index in [0.29, 0.717) is 48.8 Å². The van der Waals surface area contributed by atoms with Gasteiger partial charge in [0, 0.05) is 96.3 Å². The number of rotatable bonds is 38. The van der Waals surface area contributed by atoms with Crippen molar-refractivity contribution < 1.29 is 138 Å². The first kappa shape index (κ1) is 93.0. The number of carbonyl (C=O) groups is 12. The summed E-state index contributed by atoms with van der Waals surface area (Å²) in [6, 6.07) is 6.93. The van der Waals surface area contributed by atoms with Crippen LogP contribution < -0.4 is 10.6 Å². The summed E-state index contributed by atoms with van der Waals surface area (Å²) >= 11 is 0. The molecule has 0 spiro atoms. The van der Waals surface area contributed by atoms with Gasteiger partial charge in [-0.1, -0.05) is 86.3 Å². The number of hydrogen-bond donors (Lipinski definition) is 14. The number of ketones is 4. The number of aromatic hydroxyl groups is 6. The smallest absolute Gasteiger partial charge is 0.332 e. The number of hydroxylamine groups is 6. The van der Waals surface area contributed by atoms with Gasteiger partial charge in [-0.2, -0.15) is 0 Å². The van der Waals surface area contributed by atoms with Crippen molar-refractivity contribution in [1.82, 2.24) is 25.8 Å². The fourth-order valence-corrected chi connectivity index (χ4v) is 12.0. The number of unbranched alkanes of at least 4 members (excludes halogenated alkanes) is 7. The van der Waals surface area contributed by atoms with Gasteiger partial charge in [-0.15, -0.1) is 0 Å². The molecule has 110 heavy (non-hydrogen) atoms. The monoisotopic (exact) mass is 1550 g/mol. The minimum absolute atomic E-state index is 0.00262. The molecular weight excluding hydrogens is 1440 g/mol. The number of para-hydroxylation sites is 2. The SMILES string of the molecule is CC(=O)N(O)CCCCCNC(=O)CCC(=O)N(O)CCCCCCC(=O)CCC(=O)N(O)CCCCCC(C)(C)C.CC1C(CCC(=O)C(CO)C(C)(C)C)OC(c2cc(O)c(O)c(C(=O)C[C@H]3COC(=O)[C@@H](NC(=O)c4cccc(O)c4O)COC(=O)[C@@H](CC(=O)c4cccc(O)c4O)COC3=O)c2)C(O)C1O. The van der Waals surface area contributed by atoms with Gasteiger partial charge in [-0.25, -0.2) is 20.0 Å². The van der Waals surface area contributed by atoms with Crippen molar-refractivity contribution in [3.8, 4) is 34.5 Å². The second kappa shape index (κ2) is 45.1. The standard InChI is InChI=1S/C47H55NO20.C30H56N4O8/c1-21-36(12-11-30(50)28(17-49)47(2,3)4)68-42(41(60)37(21)56)22-13-27(40(59)35(55)14-22)34(54)16-24-19-66-46(64)29(48-43(61)26-8-6-10-32(52)39(26)58)20-67-45(63)23(18-65-44(24)62)15-33(53)25-7-5-9-31(51)38(25)57;1-25(35)32(40)22-14-8-11-21-31-27(37)17-19-29(39)34(42)23-12-6-5-9-15-26(36)16-18-28(38)33(41)24-13-7-10-20-30(2,3)4/h5-10,13-14,21,23-24,28-29,36-37,41-42,49,51-52,55-60H,11-12,15-20H2,1-4H3,(H,48,61);40-42H,5-24H2,1-4H3,(H,31,37)/t21?,23-,24-,28?,29-,36?,37?,41?,42?;/m0./s1. The Morgan fingerprint density at radius 3 is 1.62 bits per heavy atom. The number of nitrogens with one attached hydrogen (secondary N) is 2. The van der Waals surface area contributed by atoms with Gasteiger partial charge in [-0.3, -0.25) is 68.4 Å². The normalized spacial score (nSPS) is 19.3. The molecule has 2 aliphatic rings. The molecule has 0 aliphatic carbocycles. The first-order valence-corrected chi connectivity index (χ1v) is 37.0. The summed E-state index contributed by atoms with van der Waals surface area (Å²) in [6.07, 6.45) is 1.68. The molecular formula is C77H111N5O28. The molecule has 2 aliphatic heterocycles. The van der Waals surface area contributed by atoms with E-state index in [1.807, 2.05) is 0 Å². The van der Waals surface area contributed by atoms with Gasteiger partial charge < -0.3 is 75.5 Å². The summed E-state index contributed by atoms with van der Waals surface area (Å²) in [6.45, 7) is 12.7. The van der Waals surface area contributed by atoms with Crippen molar-refractivity contribution in [3.63, 3.8) is 0 Å². The van der Waals surface area contributed by atoms with Crippen LogP contribution in [0, 0.1) is 34.5 Å². The van der Waals surface area contributed by atoms with Crippen molar-refractivity contribution in [3.05, 3.63) is 70.8 Å². The van der Waals surface area contributed by atoms with Gasteiger partial charge in [0.15, 0.2) is 52.1 Å². The van der Waals surface area contributed by atoms with E-state index in [9.17, 15) is 119 Å². The zero-order valence-corrected chi connectivity index (χ0v) is 63.9. The van der Waals surface area contributed by atoms with Gasteiger partial charge in [-0.05, 0) is 104 Å². The zero-order chi connectivity index (χ0) is 82.3. The number of phenolic OH excluding ortho intramolecular Hbond substituents is 6. The summed E-state index contributed by atoms with van der Waals surface area (Å²) in [7, 11) is 0. The molecule has 0 aromatic heterocycles. The molecule has 2 saturated heterocycles. The molecule has 3 aromatic carbocycles. The number of esters is 3. The van der Waals surface area contributed by atoms with Crippen molar-refractivity contribution >= 4 is 70.6 Å². The maximum atomic E-state index is 14.0. The van der Waals surface area contributed by atoms with Crippen LogP contribution >= 0.6 is 0 Å². The van der Waals surface area contributed by atoms with Gasteiger partial charge in [0.2, 0.25) is 23.6 Å². The number of phenols is 6. The number of cyclic esters (lactones) is 3. The van der Waals surface area contributed by atoms with E-state index in [0.717, 1.165) is 86.4 Å². The number of carbonyl (C=O) groups excluding carboxylic acids is 12. The molecule has 2 heterocycles. The number of amides is 5. The molecule has 5 rings (SSSR count). The largest absolute Gasteiger partial charge is 0.504 e. The molecule has 0 radical (unpaired) electrons. The second-order valence-corrected chi connectivity index (χ2v) is 30.0. The Kier molecular flexibility index (Phi) is 38.1. The fraction of sp³-hybridized carbons (Fsp3) is 0.610. The highest BCUT2D eigenvalue weighted by molar-refractivity contribution is 6.03. The lowest BCUT2D eigenvalue weighted by atomic mass is 9.76. The van der Waals surface area contributed by atoms with Crippen LogP contribution in [0.5, 0.6) is 34.5 Å². The molecule has 9 atom stereocenters. The zero-order valence-electron chi connectivity index (χ0n) is 63.9. The highest BCUT2D eigenvalue weighted by Gasteiger charge is 2.44. The van der Waals surface area contributed by atoms with Crippen molar-refractivity contribution in [2.24, 2.45) is 34.5 Å². The minimum Gasteiger partial charge on any atom is -0.504 e. The first-order valence-electron chi connectivity index (χ1n) is 37.0. The maximum absolute atomic E-state index is 14.0. The number of aliphatic hydroxyl groups is 3. The third-order valence-corrected chi connectivity index (χ3v) is 18.9. The predicted octanol–water partition coefficient (Wildman–Crippen LogP) is 6.87. The van der Waals surface area contributed by atoms with Crippen molar-refractivity contribution in [2.45, 2.75) is 214 Å². The first-order chi connectivity index (χ1) is 51.7. The predicted molar refractivity (Wildman–Crippen MR) is 389 cm³/mol. The lowest BCUT2D eigenvalue weighted by Gasteiger charge is -2.42. The quantitative estimate of drug-likeness (QED) is 0.00529. The number of Topliss-reactive ketones (excluding diaryl/α,β-unsaturated/α-hetero) is 4. The molecule has 14 N–H and O–H groups in total. The van der Waals surface area contributed by atoms with Crippen LogP contribution in [0.15, 0.2) is 48.5 Å². The number of benzene rings is 3. The van der Waals surface area contributed by atoms with Crippen LogP contribution in [-0.2, 0) is 62.1 Å². The molecule has 612 valence electrons. The summed E-state index contributed by atoms with van der Waals surface area (Å²) in [4.78, 5) is 153. The van der Waals surface area contributed by atoms with Gasteiger partial charge >= 0.3 is 17.9 Å². The Labute approximate surface area is 638 Å². The van der Waals surface area contributed by atoms with Gasteiger partial charge in [0.25, 0.3) is 5.91 Å². The molecule has 6 unspecified atom stereocenters. The van der Waals surface area contributed by atoms with E-state index < -0.39 is 203 Å². The number of nitrogens with zero attached hydrogens (tertiary/aromatic N) is 3. The van der Waals surface area contributed by atoms with E-state index in [-0.39, 0.29) is 86.6 Å². The molecule has 0 saturated carbocycles. The van der Waals surface area contributed by atoms with Crippen LogP contribution in [0.1, 0.15) is 227 Å². The van der Waals surface area contributed by atoms with Crippen molar-refractivity contribution in [2.75, 3.05) is 52.6 Å². The average molecular weight is 1550 g/mol. The molecule has 0 bridgehead atoms. The molecule has 33 nitrogen and oxygen atoms in total. The highest BCUT2D eigenvalue weighted by Crippen LogP contribution is 2.42. The third kappa shape index (κ3) is 30.5. The summed E-state index contributed by atoms with van der Waals surface area (Å²) < 4.78 is 22.1. The number of aliphatic hydroxyl groups excluding tert-OH is 3. The lowest BCUT2D eigenvalue weighted by molar-refractivity contribution is -0.200. The molecule has 3 aromatic rings. The Hall–Kier alpha value is -9.38. The fourth-order valence-electron chi connectivity index (χ4n) is 12.0. The Morgan fingerprint density at radius 1 is 0.555 bits per heavy atom. The number of hydrogen-bond acceptors (Lipinski definition) is 28. The maximum Gasteiger partial charge on any atom is 0.332 e. The van der Waals surface area contributed by atoms with Crippen LogP contribution in [0.25, 0.3) is 0 Å². The van der Waals surface area contributed by atoms with E-state index in [1.54, 1.807) is 27.7 Å². The van der Waals surface area contributed by atoms with E-state index in [2.05, 4.69) is 31.4 Å². The van der Waals surface area contributed by atoms with Crippen LogP contribution in [0.3, 0.4) is 0 Å². The topological polar surface area (TPSA) is 518 Å². The van der Waals surface area contributed by atoms with Crippen LogP contribution in [0.2, 0.25) is 0 Å². The van der Waals surface area contributed by atoms with Crippen LogP contribution in [0.4, 0.5) is 0 Å². The van der Waals surface area contributed by atoms with Crippen LogP contribution in [-0.4, -0.2) is 224 Å². The summed E-state index contributed by atoms with van der Waals surface area (Å²) in [5.74, 6) is -18.8. The lowest BCUT2D eigenvalue weighted by Crippen LogP contribution is -2.49. The minimum atomic E-state index is -1.89. The Balaban J connectivity index is 0.000000524. The second-order valence-electron chi connectivity index (χ2n) is 30.0. The summed E-state index contributed by atoms with van der Waals surface area (Å²) in [5.41, 5.74) is -1.96. The number of ether oxygens (including phenoxy) is 4. The molecule has 33 heteroatoms. The highest BCUT2D eigenvalue weighted by atomic mass is 16.6. The van der Waals surface area contributed by atoms with E-state index in [4.69, 9.17) is 18.9 Å². The summed E-state index contributed by atoms with van der Waals surface area (Å²) in [5, 5.41) is 130. The Morgan fingerprint density at radius 2 is 1.05 bits per heavy atom. The molecule has 5 amide bonds. The van der Waals surface area contributed by atoms with Gasteiger partial charge in [0.1, 0.15) is 43.6 Å². The Bertz CT molecular complexity index is 3560. The van der Waals surface area contributed by atoms with Gasteiger partial charge in [0.05, 0.1) is 47.3 Å². The molecule has 2 fully saturated rings. The average Bonchev–Trinajstić information content (AvgIpc) is 0.778. The van der Waals surface area contributed by atoms with E-state index in [1.165, 1.54) is 19.1 Å².